The van der Waals surface area contributed by atoms with E-state index in [0.717, 1.165) is 11.3 Å². The first-order chi connectivity index (χ1) is 12.3. The molecule has 1 fully saturated rings. The Bertz CT molecular complexity index is 925. The maximum Gasteiger partial charge on any atom is 0.532 e. The van der Waals surface area contributed by atoms with Crippen LogP contribution in [0.1, 0.15) is 26.0 Å². The van der Waals surface area contributed by atoms with Gasteiger partial charge in [0.05, 0.1) is 11.5 Å². The largest absolute Gasteiger partial charge is 0.532 e. The quantitative estimate of drug-likeness (QED) is 0.166. The highest BCUT2D eigenvalue weighted by molar-refractivity contribution is 7.80. The lowest BCUT2D eigenvalue weighted by molar-refractivity contribution is -0.228. The Morgan fingerprint density at radius 2 is 2.07 bits per heavy atom. The summed E-state index contributed by atoms with van der Waals surface area (Å²) in [6.45, 7) is 2.81. The van der Waals surface area contributed by atoms with Crippen LogP contribution >= 0.6 is 24.8 Å². The van der Waals surface area contributed by atoms with E-state index in [9.17, 15) is 22.8 Å². The van der Waals surface area contributed by atoms with Crippen molar-refractivity contribution in [2.75, 3.05) is 5.73 Å². The number of hydroxylamine groups is 2. The number of hydrogen-bond donors (Lipinski definition) is 3. The van der Waals surface area contributed by atoms with E-state index in [2.05, 4.69) is 19.3 Å². The molecule has 0 saturated carbocycles. The van der Waals surface area contributed by atoms with Gasteiger partial charge >= 0.3 is 16.6 Å². The molecule has 1 aliphatic heterocycles. The van der Waals surface area contributed by atoms with E-state index in [1.54, 1.807) is 0 Å². The minimum atomic E-state index is -4.93. The zero-order valence-electron chi connectivity index (χ0n) is 14.3. The molecule has 0 radical (unpaired) electrons. The Labute approximate surface area is 169 Å². The van der Waals surface area contributed by atoms with Crippen molar-refractivity contribution in [3.8, 4) is 0 Å². The second kappa shape index (κ2) is 8.39. The van der Waals surface area contributed by atoms with E-state index in [4.69, 9.17) is 15.4 Å². The van der Waals surface area contributed by atoms with Gasteiger partial charge in [0.1, 0.15) is 5.69 Å². The van der Waals surface area contributed by atoms with Crippen LogP contribution < -0.4 is 5.73 Å². The van der Waals surface area contributed by atoms with Crippen LogP contribution in [0, 0.1) is 5.92 Å². The molecule has 1 amide bonds. The molecule has 4 N–H and O–H groups in total. The number of nitrogens with zero attached hydrogens (tertiary/aromatic N) is 3. The molecule has 2 rings (SSSR count). The molecule has 28 heavy (non-hydrogen) atoms. The summed E-state index contributed by atoms with van der Waals surface area (Å²) in [5, 5.41) is 13.7. The van der Waals surface area contributed by atoms with Crippen LogP contribution in [-0.2, 0) is 29.1 Å². The number of rotatable bonds is 7. The van der Waals surface area contributed by atoms with Gasteiger partial charge in [-0.05, 0) is 13.8 Å². The number of amides is 1. The fraction of sp³-hybridized carbons (Fsp3) is 0.417. The van der Waals surface area contributed by atoms with E-state index < -0.39 is 51.8 Å². The molecular formula is C12H16N4O9S3. The minimum Gasteiger partial charge on any atom is -0.448 e. The van der Waals surface area contributed by atoms with Crippen LogP contribution in [0.4, 0.5) is 9.93 Å². The summed E-state index contributed by atoms with van der Waals surface area (Å²) in [6, 6.07) is 0. The molecule has 2 heterocycles. The molecule has 156 valence electrons. The smallest absolute Gasteiger partial charge is 0.448 e. The number of oxime groups is 1. The number of carbonyl (C=O) groups excluding carboxylic acids is 2. The number of carboxylic acid groups (broad SMARTS) is 1. The third-order valence-electron chi connectivity index (χ3n) is 3.68. The van der Waals surface area contributed by atoms with Crippen LogP contribution in [0.2, 0.25) is 0 Å². The van der Waals surface area contributed by atoms with Crippen LogP contribution in [-0.4, -0.2) is 57.2 Å². The lowest BCUT2D eigenvalue weighted by Crippen LogP contribution is -2.68. The molecule has 1 aromatic heterocycles. The molecular weight excluding hydrogens is 440 g/mol. The number of Topliss-reactive ketones (excluding diaryl/α,β-unsaturated/α-hetero) is 1. The van der Waals surface area contributed by atoms with Crippen LogP contribution in [0.5, 0.6) is 0 Å². The Balaban J connectivity index is 0.00000392. The number of hydrogen-bond acceptors (Lipinski definition) is 11. The van der Waals surface area contributed by atoms with E-state index in [-0.39, 0.29) is 24.3 Å². The number of aromatic nitrogens is 1. The summed E-state index contributed by atoms with van der Waals surface area (Å²) in [6.07, 6.45) is -2.24. The second-order valence-electron chi connectivity index (χ2n) is 5.84. The average molecular weight is 456 g/mol. The Kier molecular flexibility index (Phi) is 7.13. The molecule has 1 aliphatic rings. The topological polar surface area (TPSA) is 199 Å². The lowest BCUT2D eigenvalue weighted by Gasteiger charge is -2.50. The van der Waals surface area contributed by atoms with Gasteiger partial charge in [0.2, 0.25) is 0 Å². The van der Waals surface area contributed by atoms with Gasteiger partial charge in [-0.25, -0.2) is 9.78 Å². The molecule has 0 bridgehead atoms. The number of β-lactam (4-membered cyclic amide) rings is 1. The van der Waals surface area contributed by atoms with Crippen molar-refractivity contribution in [1.82, 2.24) is 10.0 Å². The van der Waals surface area contributed by atoms with Gasteiger partial charge in [0.15, 0.2) is 16.6 Å². The number of nitrogens with two attached hydrogens (primary N) is 1. The molecule has 1 atom stereocenters. The average Bonchev–Trinajstić information content (AvgIpc) is 2.95. The molecule has 0 aromatic carbocycles. The Morgan fingerprint density at radius 3 is 2.50 bits per heavy atom. The lowest BCUT2D eigenvalue weighted by atomic mass is 9.74. The first kappa shape index (κ1) is 23.8. The zero-order chi connectivity index (χ0) is 20.6. The monoisotopic (exact) mass is 456 g/mol. The maximum atomic E-state index is 12.5. The minimum absolute atomic E-state index is 0. The molecule has 1 aromatic rings. The predicted octanol–water partition coefficient (Wildman–Crippen LogP) is 0.167. The summed E-state index contributed by atoms with van der Waals surface area (Å²) in [4.78, 5) is 43.1. The molecule has 0 aliphatic carbocycles. The number of carbonyl (C=O) groups is 3. The number of ketones is 1. The van der Waals surface area contributed by atoms with Gasteiger partial charge in [-0.3, -0.25) is 19.0 Å². The summed E-state index contributed by atoms with van der Waals surface area (Å²) >= 11 is 0.971. The molecule has 16 heteroatoms. The van der Waals surface area contributed by atoms with E-state index in [1.807, 2.05) is 0 Å². The molecule has 0 spiro atoms. The highest BCUT2D eigenvalue weighted by Crippen LogP contribution is 2.40. The van der Waals surface area contributed by atoms with Gasteiger partial charge < -0.3 is 10.8 Å². The van der Waals surface area contributed by atoms with E-state index in [0.29, 0.717) is 5.06 Å². The molecule has 1 saturated heterocycles. The van der Waals surface area contributed by atoms with Gasteiger partial charge in [0, 0.05) is 11.8 Å². The Morgan fingerprint density at radius 1 is 1.46 bits per heavy atom. The van der Waals surface area contributed by atoms with Crippen molar-refractivity contribution in [3.05, 3.63) is 11.1 Å². The number of thiazole rings is 1. The fourth-order valence-corrected chi connectivity index (χ4v) is 3.37. The van der Waals surface area contributed by atoms with E-state index in [1.165, 1.54) is 19.2 Å². The van der Waals surface area contributed by atoms with Gasteiger partial charge in [-0.1, -0.05) is 5.16 Å². The van der Waals surface area contributed by atoms with Crippen molar-refractivity contribution < 1.29 is 41.6 Å². The van der Waals surface area contributed by atoms with Gasteiger partial charge in [-0.2, -0.15) is 27.0 Å². The zero-order valence-corrected chi connectivity index (χ0v) is 17.0. The second-order valence-corrected chi connectivity index (χ2v) is 7.73. The summed E-state index contributed by atoms with van der Waals surface area (Å²) in [7, 11) is -4.93. The highest BCUT2D eigenvalue weighted by atomic mass is 32.3. The van der Waals surface area contributed by atoms with Crippen LogP contribution in [0.3, 0.4) is 0 Å². The summed E-state index contributed by atoms with van der Waals surface area (Å²) in [5.41, 5.74) is 3.71. The highest BCUT2D eigenvalue weighted by Gasteiger charge is 2.57. The third kappa shape index (κ3) is 5.16. The number of anilines is 1. The normalized spacial score (nSPS) is 18.8. The number of nitrogen functional groups attached to an aromatic ring is 1. The standard InChI is InChI=1S/C12H14N4O9S2.H2S/c1-12(2)5(9(18)16(12)25-27(21,22)23)3-7(17)8(15-24-11(19)20)6-4-26-10(13)14-6;/h4-5H,3H2,1-2H3,(H2,13,14)(H,19,20)(H,21,22,23);1H2/b15-8-;. The summed E-state index contributed by atoms with van der Waals surface area (Å²) < 4.78 is 34.5. The summed E-state index contributed by atoms with van der Waals surface area (Å²) in [5.74, 6) is -2.69. The van der Waals surface area contributed by atoms with Gasteiger partial charge in [0.25, 0.3) is 5.91 Å². The first-order valence-electron chi connectivity index (χ1n) is 7.06. The van der Waals surface area contributed by atoms with Crippen molar-refractivity contribution >= 4 is 63.9 Å². The van der Waals surface area contributed by atoms with Crippen molar-refractivity contribution in [2.24, 2.45) is 11.1 Å². The van der Waals surface area contributed by atoms with Crippen molar-refractivity contribution in [1.29, 1.82) is 0 Å². The van der Waals surface area contributed by atoms with Gasteiger partial charge in [-0.15, -0.1) is 15.6 Å². The maximum absolute atomic E-state index is 12.5. The predicted molar refractivity (Wildman–Crippen MR) is 99.2 cm³/mol. The third-order valence-corrected chi connectivity index (χ3v) is 4.69. The van der Waals surface area contributed by atoms with Crippen molar-refractivity contribution in [3.63, 3.8) is 0 Å². The van der Waals surface area contributed by atoms with Crippen molar-refractivity contribution in [2.45, 2.75) is 25.8 Å². The Hall–Kier alpha value is -2.27. The van der Waals surface area contributed by atoms with E-state index >= 15 is 0 Å². The van der Waals surface area contributed by atoms with Crippen LogP contribution in [0.15, 0.2) is 10.5 Å². The fourth-order valence-electron chi connectivity index (χ4n) is 2.37. The molecule has 13 nitrogen and oxygen atoms in total. The SMILES string of the molecule is CC1(C)C(CC(=O)/C(=N\OC(=O)O)c2csc(N)n2)C(=O)N1OS(=O)(=O)O.S. The molecule has 1 unspecified atom stereocenters. The van der Waals surface area contributed by atoms with Crippen LogP contribution in [0.25, 0.3) is 0 Å². The first-order valence-corrected chi connectivity index (χ1v) is 9.31.